The molecule has 0 spiro atoms. The molecule has 16 aromatic rings. The van der Waals surface area contributed by atoms with Crippen LogP contribution in [0.1, 0.15) is 93.2 Å². The number of aryl methyl sites for hydroxylation is 6. The summed E-state index contributed by atoms with van der Waals surface area (Å²) in [5, 5.41) is 40.1. The average Bonchev–Trinajstić information content (AvgIpc) is 1.76. The lowest BCUT2D eigenvalue weighted by Crippen LogP contribution is -2.54. The minimum Gasteiger partial charge on any atom is -0.422 e. The zero-order valence-electron chi connectivity index (χ0n) is 71.3. The van der Waals surface area contributed by atoms with Crippen molar-refractivity contribution in [3.05, 3.63) is 255 Å². The highest BCUT2D eigenvalue weighted by molar-refractivity contribution is 5.88. The summed E-state index contributed by atoms with van der Waals surface area (Å²) >= 11 is 0. The Morgan fingerprint density at radius 3 is 1.35 bits per heavy atom. The van der Waals surface area contributed by atoms with Crippen molar-refractivity contribution in [2.75, 3.05) is 79.9 Å². The maximum Gasteiger partial charge on any atom is 0.345 e. The number of hydrogen-bond donors (Lipinski definition) is 4. The largest absolute Gasteiger partial charge is 0.422 e. The Kier molecular flexibility index (Phi) is 22.0. The number of benzene rings is 4. The number of anilines is 4. The van der Waals surface area contributed by atoms with Crippen LogP contribution >= 0.6 is 0 Å². The van der Waals surface area contributed by atoms with Gasteiger partial charge in [0.25, 0.3) is 0 Å². The van der Waals surface area contributed by atoms with E-state index in [0.717, 1.165) is 155 Å². The highest BCUT2D eigenvalue weighted by Gasteiger charge is 2.37. The minimum absolute atomic E-state index is 0.105. The fourth-order valence-electron chi connectivity index (χ4n) is 18.5. The van der Waals surface area contributed by atoms with Crippen molar-refractivity contribution in [3.8, 4) is 45.0 Å². The Balaban J connectivity index is 0.000000113. The van der Waals surface area contributed by atoms with Crippen LogP contribution in [-0.2, 0) is 0 Å². The Morgan fingerprint density at radius 2 is 0.896 bits per heavy atom. The molecule has 2 bridgehead atoms. The van der Waals surface area contributed by atoms with Crippen molar-refractivity contribution < 1.29 is 27.5 Å². The van der Waals surface area contributed by atoms with Gasteiger partial charge < -0.3 is 76.1 Å². The van der Waals surface area contributed by atoms with Gasteiger partial charge in [0.2, 0.25) is 11.3 Å². The fourth-order valence-corrected chi connectivity index (χ4v) is 18.5. The number of likely N-dealkylation sites (N-methyl/N-ethyl adjacent to an activating group) is 1. The summed E-state index contributed by atoms with van der Waals surface area (Å²) in [4.78, 5) is 109. The minimum atomic E-state index is -0.528. The van der Waals surface area contributed by atoms with E-state index in [2.05, 4.69) is 118 Å². The first-order valence-corrected chi connectivity index (χ1v) is 42.3. The van der Waals surface area contributed by atoms with Gasteiger partial charge in [0.05, 0.1) is 77.7 Å². The number of imidazole rings is 4. The molecule has 125 heavy (non-hydrogen) atoms. The molecular formula is C93H96N20O12. The number of pyridine rings is 2. The maximum absolute atomic E-state index is 12.9. The summed E-state index contributed by atoms with van der Waals surface area (Å²) in [6.45, 7) is 24.1. The Morgan fingerprint density at radius 1 is 0.472 bits per heavy atom. The first kappa shape index (κ1) is 82.1. The van der Waals surface area contributed by atoms with Crippen molar-refractivity contribution >= 4 is 101 Å². The fraction of sp³-hybridized carbons (Fsp3) is 0.333. The second kappa shape index (κ2) is 33.4. The Bertz CT molecular complexity index is 7190. The van der Waals surface area contributed by atoms with Gasteiger partial charge in [-0.15, -0.1) is 0 Å². The molecule has 32 heteroatoms. The van der Waals surface area contributed by atoms with Gasteiger partial charge in [-0.1, -0.05) is 6.42 Å². The van der Waals surface area contributed by atoms with Gasteiger partial charge >= 0.3 is 33.9 Å². The predicted octanol–water partition coefficient (Wildman–Crippen LogP) is 14.1. The van der Waals surface area contributed by atoms with Gasteiger partial charge in [0, 0.05) is 219 Å². The number of nitrogens with zero attached hydrogens (tertiary/aromatic N) is 16. The third-order valence-corrected chi connectivity index (χ3v) is 24.5. The van der Waals surface area contributed by atoms with E-state index in [4.69, 9.17) is 17.7 Å². The van der Waals surface area contributed by atoms with Crippen molar-refractivity contribution in [2.24, 2.45) is 0 Å². The molecule has 7 atom stereocenters. The molecule has 5 saturated heterocycles. The number of nitro groups is 2. The van der Waals surface area contributed by atoms with E-state index in [-0.39, 0.29) is 45.0 Å². The van der Waals surface area contributed by atoms with E-state index < -0.39 is 21.1 Å². The number of aromatic nitrogens is 10. The second-order valence-electron chi connectivity index (χ2n) is 34.0. The molecule has 4 aromatic carbocycles. The van der Waals surface area contributed by atoms with Gasteiger partial charge in [0.15, 0.2) is 11.3 Å². The van der Waals surface area contributed by atoms with E-state index in [9.17, 15) is 39.4 Å². The third kappa shape index (κ3) is 16.8. The number of piperazine rings is 2. The van der Waals surface area contributed by atoms with Crippen LogP contribution in [0.15, 0.2) is 196 Å². The standard InChI is InChI=1S/C26H29N5O2.C23H23N5O4.C22H21N5O4.C22H23N5O2/c1-15-13-31-14-23(29-25(31)16(2)27-15)22-9-17-7-8-18(12-24(17)33-26(22)32)28-19-10-20-5-4-6-21(11-19)30(20)3;1-13-6-20(28(30)31)22-25-19(12-27(22)9-13)18-7-16-4-5-17(8-21(16)32-23(18)29)26-10-14(2)24-15(3)11-26;1-13-7-19(27(29)30)21-24-18(12-26(21)10-13)17-8-15-3-4-16(9-20(15)31-22(17)28)25-6-5-23-14(2)11-25;1-13-11-27-12-19(25-21(27)14(2)24-13)18-8-15-4-5-16(9-20(15)29-22(18)28)26(3)17-6-7-23-10-17/h7-9,12-14,19-21,28H,4-6,10-11H2,1-3H3;4-9,12,14-15,24H,10-11H2,1-3H3;3-4,7-10,12,14,23H,5-6,11H2,1-2H3;4-5,8-9,11-12,17,23H,6-7,10H2,1-3H3/t19?,20-,21+;14-,15+;14-;17-/m..01/s1. The third-order valence-electron chi connectivity index (χ3n) is 24.5. The molecule has 12 aromatic heterocycles. The van der Waals surface area contributed by atoms with Crippen LogP contribution in [0.4, 0.5) is 34.1 Å². The van der Waals surface area contributed by atoms with Gasteiger partial charge in [-0.3, -0.25) is 30.2 Å². The van der Waals surface area contributed by atoms with E-state index >= 15 is 0 Å². The zero-order chi connectivity index (χ0) is 87.1. The highest BCUT2D eigenvalue weighted by atomic mass is 16.6. The molecule has 0 amide bonds. The molecule has 21 rings (SSSR count). The Hall–Kier alpha value is -13.8. The van der Waals surface area contributed by atoms with Crippen LogP contribution in [0.25, 0.3) is 111 Å². The first-order valence-electron chi connectivity index (χ1n) is 42.3. The van der Waals surface area contributed by atoms with Crippen LogP contribution in [0.3, 0.4) is 0 Å². The lowest BCUT2D eigenvalue weighted by Gasteiger charge is -2.47. The highest BCUT2D eigenvalue weighted by Crippen LogP contribution is 2.37. The first-order chi connectivity index (χ1) is 60.1. The molecule has 0 aliphatic carbocycles. The van der Waals surface area contributed by atoms with Crippen LogP contribution < -0.4 is 58.5 Å². The number of rotatable bonds is 12. The molecule has 32 nitrogen and oxygen atoms in total. The van der Waals surface area contributed by atoms with E-state index in [1.54, 1.807) is 59.6 Å². The molecular weight excluding hydrogens is 1590 g/mol. The molecule has 0 saturated carbocycles. The van der Waals surface area contributed by atoms with Crippen LogP contribution in [-0.4, -0.2) is 164 Å². The van der Waals surface area contributed by atoms with Gasteiger partial charge in [0.1, 0.15) is 22.3 Å². The average molecular weight is 1690 g/mol. The van der Waals surface area contributed by atoms with E-state index in [1.807, 2.05) is 134 Å². The zero-order valence-corrected chi connectivity index (χ0v) is 71.3. The summed E-state index contributed by atoms with van der Waals surface area (Å²) in [6, 6.07) is 37.3. The Labute approximate surface area is 715 Å². The number of nitrogens with one attached hydrogen (secondary N) is 4. The molecule has 640 valence electrons. The molecule has 1 unspecified atom stereocenters. The molecule has 5 aliphatic heterocycles. The SMILES string of the molecule is Cc1cc([N+](=O)[O-])c2nc(-c3cc4ccc(N5CCN[C@@H](C)C5)cc4oc3=O)cn2c1.Cc1cc([N+](=O)[O-])c2nc(-c3cc4ccc(N5C[C@@H](C)N[C@@H](C)C5)cc4oc3=O)cn2c1.Cc1cn2cc(-c3cc4ccc(N(C)[C@@H]5CCNC5)cc4oc3=O)nc2c(C)n1.Cc1cn2cc(-c3cc4ccc(NC5C[C@H]6CCC[C@@H](C5)N6C)cc4oc3=O)nc2c(C)n1. The van der Waals surface area contributed by atoms with Crippen molar-refractivity contribution in [2.45, 2.75) is 143 Å². The van der Waals surface area contributed by atoms with Crippen LogP contribution in [0.2, 0.25) is 0 Å². The summed E-state index contributed by atoms with van der Waals surface area (Å²) < 4.78 is 29.7. The van der Waals surface area contributed by atoms with Crippen LogP contribution in [0.5, 0.6) is 0 Å². The summed E-state index contributed by atoms with van der Waals surface area (Å²) in [5.41, 5.74) is 14.4. The predicted molar refractivity (Wildman–Crippen MR) is 483 cm³/mol. The number of piperidine rings is 2. The lowest BCUT2D eigenvalue weighted by atomic mass is 9.82. The molecule has 0 radical (unpaired) electrons. The van der Waals surface area contributed by atoms with Crippen molar-refractivity contribution in [3.63, 3.8) is 0 Å². The van der Waals surface area contributed by atoms with E-state index in [1.165, 1.54) is 31.4 Å². The molecule has 17 heterocycles. The summed E-state index contributed by atoms with van der Waals surface area (Å²) in [6.07, 6.45) is 21.6. The summed E-state index contributed by atoms with van der Waals surface area (Å²) in [7, 11) is 4.36. The number of fused-ring (bicyclic) bond motifs is 10. The smallest absolute Gasteiger partial charge is 0.345 e. The normalized spacial score (nSPS) is 19.1. The quantitative estimate of drug-likeness (QED) is 0.0501. The molecule has 5 fully saturated rings. The monoisotopic (exact) mass is 1680 g/mol. The summed E-state index contributed by atoms with van der Waals surface area (Å²) in [5.74, 6) is 0. The topological polar surface area (TPSA) is 363 Å². The second-order valence-corrected chi connectivity index (χ2v) is 34.0. The molecule has 5 aliphatic rings. The molecule has 4 N–H and O–H groups in total. The maximum atomic E-state index is 12.9. The lowest BCUT2D eigenvalue weighted by molar-refractivity contribution is -0.383. The van der Waals surface area contributed by atoms with Crippen LogP contribution in [0, 0.1) is 61.8 Å². The van der Waals surface area contributed by atoms with Gasteiger partial charge in [-0.2, -0.15) is 0 Å². The van der Waals surface area contributed by atoms with Crippen molar-refractivity contribution in [1.29, 1.82) is 0 Å². The van der Waals surface area contributed by atoms with Crippen molar-refractivity contribution in [1.82, 2.24) is 68.4 Å². The number of hydrogen-bond acceptors (Lipinski definition) is 26. The van der Waals surface area contributed by atoms with Gasteiger partial charge in [-0.25, -0.2) is 39.1 Å². The van der Waals surface area contributed by atoms with Gasteiger partial charge in [-0.05, 0) is 192 Å². The van der Waals surface area contributed by atoms with E-state index in [0.29, 0.717) is 98.5 Å².